The van der Waals surface area contributed by atoms with Crippen LogP contribution in [0.2, 0.25) is 0 Å². The molecule has 5 nitrogen and oxygen atoms in total. The lowest BCUT2D eigenvalue weighted by atomic mass is 10.1. The zero-order chi connectivity index (χ0) is 16.9. The summed E-state index contributed by atoms with van der Waals surface area (Å²) in [5, 5.41) is 2.81. The number of hydrogen-bond donors (Lipinski definition) is 2. The molecular weight excluding hydrogens is 302 g/mol. The lowest BCUT2D eigenvalue weighted by Crippen LogP contribution is -2.13. The third-order valence-corrected chi connectivity index (χ3v) is 3.62. The number of nitrogen functional groups attached to an aromatic ring is 1. The highest BCUT2D eigenvalue weighted by molar-refractivity contribution is 6.05. The quantitative estimate of drug-likeness (QED) is 0.726. The van der Waals surface area contributed by atoms with E-state index < -0.39 is 0 Å². The van der Waals surface area contributed by atoms with E-state index in [1.807, 2.05) is 34.9 Å². The lowest BCUT2D eigenvalue weighted by Gasteiger charge is -2.10. The van der Waals surface area contributed by atoms with Crippen LogP contribution in [0.15, 0.2) is 77.9 Å². The third kappa shape index (κ3) is 3.70. The SMILES string of the molecule is Nc1ccccc1NC(=O)c1cccc(Cn2ccc(=O)cc2)c1. The minimum atomic E-state index is -0.213. The van der Waals surface area contributed by atoms with Gasteiger partial charge in [0, 0.05) is 36.6 Å². The Morgan fingerprint density at radius 1 is 1.00 bits per heavy atom. The highest BCUT2D eigenvalue weighted by Gasteiger charge is 2.08. The van der Waals surface area contributed by atoms with Gasteiger partial charge in [0.15, 0.2) is 5.43 Å². The predicted octanol–water partition coefficient (Wildman–Crippen LogP) is 2.73. The highest BCUT2D eigenvalue weighted by atomic mass is 16.1. The van der Waals surface area contributed by atoms with E-state index in [0.29, 0.717) is 23.5 Å². The average Bonchev–Trinajstić information content (AvgIpc) is 2.59. The summed E-state index contributed by atoms with van der Waals surface area (Å²) < 4.78 is 1.88. The van der Waals surface area contributed by atoms with Gasteiger partial charge in [0.1, 0.15) is 0 Å². The number of rotatable bonds is 4. The number of carbonyl (C=O) groups excluding carboxylic acids is 1. The van der Waals surface area contributed by atoms with Gasteiger partial charge in [-0.3, -0.25) is 9.59 Å². The number of pyridine rings is 1. The molecule has 0 spiro atoms. The number of carbonyl (C=O) groups is 1. The summed E-state index contributed by atoms with van der Waals surface area (Å²) in [6.45, 7) is 0.578. The van der Waals surface area contributed by atoms with E-state index in [9.17, 15) is 9.59 Å². The Morgan fingerprint density at radius 2 is 1.75 bits per heavy atom. The summed E-state index contributed by atoms with van der Waals surface area (Å²) in [7, 11) is 0. The molecule has 120 valence electrons. The summed E-state index contributed by atoms with van der Waals surface area (Å²) >= 11 is 0. The topological polar surface area (TPSA) is 77.1 Å². The third-order valence-electron chi connectivity index (χ3n) is 3.62. The second kappa shape index (κ2) is 6.83. The molecule has 3 aromatic rings. The van der Waals surface area contributed by atoms with E-state index >= 15 is 0 Å². The van der Waals surface area contributed by atoms with Crippen LogP contribution in [0.3, 0.4) is 0 Å². The van der Waals surface area contributed by atoms with Crippen molar-refractivity contribution in [3.05, 3.63) is 94.4 Å². The molecule has 0 saturated heterocycles. The van der Waals surface area contributed by atoms with Crippen molar-refractivity contribution in [1.29, 1.82) is 0 Å². The minimum Gasteiger partial charge on any atom is -0.397 e. The maximum atomic E-state index is 12.4. The number of amides is 1. The minimum absolute atomic E-state index is 0.0279. The van der Waals surface area contributed by atoms with Crippen LogP contribution in [-0.2, 0) is 6.54 Å². The van der Waals surface area contributed by atoms with Gasteiger partial charge in [0.05, 0.1) is 11.4 Å². The number of nitrogens with two attached hydrogens (primary N) is 1. The van der Waals surface area contributed by atoms with Gasteiger partial charge in [-0.1, -0.05) is 24.3 Å². The fraction of sp³-hybridized carbons (Fsp3) is 0.0526. The number of anilines is 2. The Kier molecular flexibility index (Phi) is 4.43. The van der Waals surface area contributed by atoms with Crippen LogP contribution < -0.4 is 16.5 Å². The molecule has 0 bridgehead atoms. The maximum absolute atomic E-state index is 12.4. The van der Waals surface area contributed by atoms with Crippen molar-refractivity contribution >= 4 is 17.3 Å². The van der Waals surface area contributed by atoms with Crippen molar-refractivity contribution in [3.8, 4) is 0 Å². The molecule has 2 aromatic carbocycles. The van der Waals surface area contributed by atoms with Crippen molar-refractivity contribution in [2.75, 3.05) is 11.1 Å². The Balaban J connectivity index is 1.77. The van der Waals surface area contributed by atoms with Crippen LogP contribution in [0.4, 0.5) is 11.4 Å². The first-order valence-electron chi connectivity index (χ1n) is 7.53. The van der Waals surface area contributed by atoms with Crippen molar-refractivity contribution in [3.63, 3.8) is 0 Å². The van der Waals surface area contributed by atoms with Gasteiger partial charge in [-0.15, -0.1) is 0 Å². The molecule has 0 unspecified atom stereocenters. The van der Waals surface area contributed by atoms with E-state index in [4.69, 9.17) is 5.73 Å². The maximum Gasteiger partial charge on any atom is 0.255 e. The predicted molar refractivity (Wildman–Crippen MR) is 95.1 cm³/mol. The molecule has 0 fully saturated rings. The number of nitrogens with one attached hydrogen (secondary N) is 1. The molecule has 0 aliphatic rings. The Morgan fingerprint density at radius 3 is 2.50 bits per heavy atom. The van der Waals surface area contributed by atoms with Crippen LogP contribution in [0.5, 0.6) is 0 Å². The molecule has 3 N–H and O–H groups in total. The summed E-state index contributed by atoms with van der Waals surface area (Å²) in [6, 6.07) is 17.5. The average molecular weight is 319 g/mol. The van der Waals surface area contributed by atoms with E-state index in [1.54, 1.807) is 30.6 Å². The van der Waals surface area contributed by atoms with E-state index in [2.05, 4.69) is 5.32 Å². The van der Waals surface area contributed by atoms with Gasteiger partial charge in [-0.25, -0.2) is 0 Å². The van der Waals surface area contributed by atoms with Crippen LogP contribution in [-0.4, -0.2) is 10.5 Å². The van der Waals surface area contributed by atoms with Gasteiger partial charge >= 0.3 is 0 Å². The molecule has 0 aliphatic carbocycles. The number of para-hydroxylation sites is 2. The van der Waals surface area contributed by atoms with Crippen molar-refractivity contribution < 1.29 is 4.79 Å². The molecule has 1 aromatic heterocycles. The molecule has 0 radical (unpaired) electrons. The zero-order valence-corrected chi connectivity index (χ0v) is 13.0. The fourth-order valence-electron chi connectivity index (χ4n) is 2.38. The normalized spacial score (nSPS) is 10.3. The summed E-state index contributed by atoms with van der Waals surface area (Å²) in [4.78, 5) is 23.5. The summed E-state index contributed by atoms with van der Waals surface area (Å²) in [5.74, 6) is -0.213. The van der Waals surface area contributed by atoms with Crippen LogP contribution in [0.25, 0.3) is 0 Å². The Hall–Kier alpha value is -3.34. The summed E-state index contributed by atoms with van der Waals surface area (Å²) in [5.41, 5.74) is 8.45. The van der Waals surface area contributed by atoms with E-state index in [0.717, 1.165) is 5.56 Å². The number of hydrogen-bond acceptors (Lipinski definition) is 3. The largest absolute Gasteiger partial charge is 0.397 e. The van der Waals surface area contributed by atoms with Gasteiger partial charge in [0.25, 0.3) is 5.91 Å². The Labute approximate surface area is 139 Å². The standard InChI is InChI=1S/C19H17N3O2/c20-17-6-1-2-7-18(17)21-19(24)15-5-3-4-14(12-15)13-22-10-8-16(23)9-11-22/h1-12H,13,20H2,(H,21,24). The van der Waals surface area contributed by atoms with Crippen LogP contribution in [0.1, 0.15) is 15.9 Å². The first-order chi connectivity index (χ1) is 11.6. The molecule has 0 saturated carbocycles. The van der Waals surface area contributed by atoms with Crippen molar-refractivity contribution in [2.24, 2.45) is 0 Å². The highest BCUT2D eigenvalue weighted by Crippen LogP contribution is 2.18. The molecule has 1 amide bonds. The van der Waals surface area contributed by atoms with Gasteiger partial charge < -0.3 is 15.6 Å². The second-order valence-electron chi connectivity index (χ2n) is 5.45. The molecule has 5 heteroatoms. The Bertz CT molecular complexity index is 911. The van der Waals surface area contributed by atoms with Gasteiger partial charge in [0.2, 0.25) is 0 Å². The molecule has 1 heterocycles. The van der Waals surface area contributed by atoms with Crippen LogP contribution >= 0.6 is 0 Å². The zero-order valence-electron chi connectivity index (χ0n) is 13.0. The van der Waals surface area contributed by atoms with E-state index in [-0.39, 0.29) is 11.3 Å². The molecular formula is C19H17N3O2. The van der Waals surface area contributed by atoms with Gasteiger partial charge in [-0.2, -0.15) is 0 Å². The molecule has 24 heavy (non-hydrogen) atoms. The van der Waals surface area contributed by atoms with Gasteiger partial charge in [-0.05, 0) is 29.8 Å². The smallest absolute Gasteiger partial charge is 0.255 e. The number of nitrogens with zero attached hydrogens (tertiary/aromatic N) is 1. The lowest BCUT2D eigenvalue weighted by molar-refractivity contribution is 0.102. The number of benzene rings is 2. The molecule has 3 rings (SSSR count). The second-order valence-corrected chi connectivity index (χ2v) is 5.45. The van der Waals surface area contributed by atoms with Crippen molar-refractivity contribution in [1.82, 2.24) is 4.57 Å². The monoisotopic (exact) mass is 319 g/mol. The first kappa shape index (κ1) is 15.6. The number of aromatic nitrogens is 1. The fourth-order valence-corrected chi connectivity index (χ4v) is 2.38. The molecule has 0 atom stereocenters. The van der Waals surface area contributed by atoms with E-state index in [1.165, 1.54) is 12.1 Å². The first-order valence-corrected chi connectivity index (χ1v) is 7.53. The molecule has 0 aliphatic heterocycles. The van der Waals surface area contributed by atoms with Crippen molar-refractivity contribution in [2.45, 2.75) is 6.54 Å². The van der Waals surface area contributed by atoms with Crippen LogP contribution in [0, 0.1) is 0 Å². The summed E-state index contributed by atoms with van der Waals surface area (Å²) in [6.07, 6.45) is 3.44.